The molecule has 1 aromatic heterocycles. The average Bonchev–Trinajstić information content (AvgIpc) is 2.30. The predicted octanol–water partition coefficient (Wildman–Crippen LogP) is 2.98. The van der Waals surface area contributed by atoms with Crippen molar-refractivity contribution in [1.82, 2.24) is 4.98 Å². The van der Waals surface area contributed by atoms with E-state index < -0.39 is 0 Å². The number of pyridine rings is 1. The lowest BCUT2D eigenvalue weighted by molar-refractivity contribution is 0.730. The first-order valence-corrected chi connectivity index (χ1v) is 5.18. The number of rotatable bonds is 2. The van der Waals surface area contributed by atoms with Crippen LogP contribution in [0.25, 0.3) is 0 Å². The van der Waals surface area contributed by atoms with Gasteiger partial charge < -0.3 is 0 Å². The second-order valence-corrected chi connectivity index (χ2v) is 3.71. The molecule has 15 heavy (non-hydrogen) atoms. The van der Waals surface area contributed by atoms with E-state index in [1.807, 2.05) is 18.2 Å². The van der Waals surface area contributed by atoms with E-state index in [0.29, 0.717) is 5.92 Å². The van der Waals surface area contributed by atoms with Crippen molar-refractivity contribution in [1.29, 1.82) is 0 Å². The molecule has 2 heteroatoms. The molecule has 1 heterocycles. The first-order chi connectivity index (χ1) is 7.34. The minimum atomic E-state index is 0.638. The summed E-state index contributed by atoms with van der Waals surface area (Å²) in [6.45, 7) is 2.20. The van der Waals surface area contributed by atoms with Crippen LogP contribution in [0.1, 0.15) is 19.0 Å². The fourth-order valence-corrected chi connectivity index (χ4v) is 1.40. The maximum atomic E-state index is 4.37. The highest BCUT2D eigenvalue weighted by molar-refractivity contribution is 5.77. The quantitative estimate of drug-likeness (QED) is 0.671. The highest BCUT2D eigenvalue weighted by atomic mass is 14.8. The summed E-state index contributed by atoms with van der Waals surface area (Å²) in [5.74, 6) is 0.638. The molecule has 0 radical (unpaired) electrons. The zero-order chi connectivity index (χ0) is 10.5. The lowest BCUT2D eigenvalue weighted by atomic mass is 10.0. The van der Waals surface area contributed by atoms with Gasteiger partial charge in [-0.1, -0.05) is 25.1 Å². The third kappa shape index (κ3) is 2.88. The van der Waals surface area contributed by atoms with Crippen LogP contribution < -0.4 is 0 Å². The summed E-state index contributed by atoms with van der Waals surface area (Å²) in [5, 5.41) is 0. The molecule has 1 aliphatic carbocycles. The Kier molecular flexibility index (Phi) is 3.08. The summed E-state index contributed by atoms with van der Waals surface area (Å²) in [6, 6.07) is 5.81. The highest BCUT2D eigenvalue weighted by Crippen LogP contribution is 2.15. The minimum absolute atomic E-state index is 0.638. The molecule has 0 spiro atoms. The van der Waals surface area contributed by atoms with Crippen LogP contribution >= 0.6 is 0 Å². The van der Waals surface area contributed by atoms with E-state index in [2.05, 4.69) is 35.1 Å². The van der Waals surface area contributed by atoms with Crippen LogP contribution in [-0.2, 0) is 0 Å². The van der Waals surface area contributed by atoms with E-state index in [4.69, 9.17) is 0 Å². The Hall–Kier alpha value is -1.70. The molecule has 0 saturated heterocycles. The van der Waals surface area contributed by atoms with Gasteiger partial charge in [-0.15, -0.1) is 0 Å². The van der Waals surface area contributed by atoms with Crippen molar-refractivity contribution in [3.8, 4) is 0 Å². The summed E-state index contributed by atoms with van der Waals surface area (Å²) in [5.41, 5.74) is 1.92. The van der Waals surface area contributed by atoms with Gasteiger partial charge in [-0.3, -0.25) is 9.98 Å². The van der Waals surface area contributed by atoms with Crippen LogP contribution in [0.2, 0.25) is 0 Å². The molecular formula is C13H14N2. The summed E-state index contributed by atoms with van der Waals surface area (Å²) >= 11 is 0. The molecule has 1 atom stereocenters. The Bertz CT molecular complexity index is 402. The zero-order valence-electron chi connectivity index (χ0n) is 8.80. The number of aromatic nitrogens is 1. The molecular weight excluding hydrogens is 184 g/mol. The van der Waals surface area contributed by atoms with E-state index in [1.54, 1.807) is 12.4 Å². The molecule has 0 N–H and O–H groups in total. The van der Waals surface area contributed by atoms with Crippen LogP contribution in [0.4, 0.5) is 0 Å². The van der Waals surface area contributed by atoms with Crippen molar-refractivity contribution in [2.45, 2.75) is 13.3 Å². The van der Waals surface area contributed by atoms with Crippen molar-refractivity contribution < 1.29 is 0 Å². The minimum Gasteiger partial charge on any atom is -0.255 e. The zero-order valence-corrected chi connectivity index (χ0v) is 8.80. The summed E-state index contributed by atoms with van der Waals surface area (Å²) in [7, 11) is 0. The Labute approximate surface area is 90.1 Å². The van der Waals surface area contributed by atoms with Gasteiger partial charge in [-0.25, -0.2) is 0 Å². The Morgan fingerprint density at radius 2 is 2.40 bits per heavy atom. The molecule has 1 aromatic rings. The number of hydrogen-bond acceptors (Lipinski definition) is 2. The summed E-state index contributed by atoms with van der Waals surface area (Å²) in [4.78, 5) is 8.55. The fraction of sp³-hybridized carbons (Fsp3) is 0.231. The van der Waals surface area contributed by atoms with Crippen LogP contribution in [0.5, 0.6) is 0 Å². The van der Waals surface area contributed by atoms with Crippen LogP contribution in [-0.4, -0.2) is 11.2 Å². The van der Waals surface area contributed by atoms with Gasteiger partial charge >= 0.3 is 0 Å². The van der Waals surface area contributed by atoms with Crippen molar-refractivity contribution in [3.63, 3.8) is 0 Å². The average molecular weight is 198 g/mol. The number of hydrogen-bond donors (Lipinski definition) is 0. The highest BCUT2D eigenvalue weighted by Gasteiger charge is 2.01. The first-order valence-electron chi connectivity index (χ1n) is 5.18. The second-order valence-electron chi connectivity index (χ2n) is 3.71. The van der Waals surface area contributed by atoms with E-state index >= 15 is 0 Å². The number of allylic oxidation sites excluding steroid dienone is 3. The van der Waals surface area contributed by atoms with Gasteiger partial charge in [0.05, 0.1) is 17.6 Å². The van der Waals surface area contributed by atoms with Crippen molar-refractivity contribution in [3.05, 3.63) is 54.0 Å². The fourth-order valence-electron chi connectivity index (χ4n) is 1.40. The monoisotopic (exact) mass is 198 g/mol. The summed E-state index contributed by atoms with van der Waals surface area (Å²) in [6.07, 6.45) is 11.1. The largest absolute Gasteiger partial charge is 0.255 e. The van der Waals surface area contributed by atoms with Gasteiger partial charge in [0, 0.05) is 6.20 Å². The third-order valence-electron chi connectivity index (χ3n) is 2.33. The molecule has 0 saturated carbocycles. The smallest absolute Gasteiger partial charge is 0.0812 e. The van der Waals surface area contributed by atoms with Crippen molar-refractivity contribution in [2.75, 3.05) is 0 Å². The van der Waals surface area contributed by atoms with Crippen molar-refractivity contribution >= 4 is 6.21 Å². The van der Waals surface area contributed by atoms with Gasteiger partial charge in [-0.05, 0) is 30.5 Å². The van der Waals surface area contributed by atoms with Gasteiger partial charge in [-0.2, -0.15) is 0 Å². The number of aliphatic imine (C=N–C) groups is 1. The molecule has 0 aliphatic heterocycles. The normalized spacial score (nSPS) is 20.6. The Balaban J connectivity index is 2.04. The Morgan fingerprint density at radius 1 is 1.47 bits per heavy atom. The van der Waals surface area contributed by atoms with E-state index in [-0.39, 0.29) is 0 Å². The van der Waals surface area contributed by atoms with Gasteiger partial charge in [0.1, 0.15) is 0 Å². The molecule has 0 fully saturated rings. The first kappa shape index (κ1) is 9.84. The topological polar surface area (TPSA) is 25.2 Å². The standard InChI is InChI=1S/C13H14N2/c1-11-5-7-12(8-6-11)15-10-13-4-2-3-9-14-13/h2-5,7-11H,6H2,1H3. The van der Waals surface area contributed by atoms with E-state index in [9.17, 15) is 0 Å². The third-order valence-corrected chi connectivity index (χ3v) is 2.33. The molecule has 1 aliphatic rings. The van der Waals surface area contributed by atoms with Crippen LogP contribution in [0.3, 0.4) is 0 Å². The molecule has 2 rings (SSSR count). The lowest BCUT2D eigenvalue weighted by Gasteiger charge is -2.07. The SMILES string of the molecule is CC1C=CC(N=Cc2ccccn2)=CC1. The van der Waals surface area contributed by atoms with Gasteiger partial charge in [0.2, 0.25) is 0 Å². The maximum Gasteiger partial charge on any atom is 0.0812 e. The predicted molar refractivity (Wildman–Crippen MR) is 62.8 cm³/mol. The lowest BCUT2D eigenvalue weighted by Crippen LogP contribution is -1.93. The van der Waals surface area contributed by atoms with Crippen molar-refractivity contribution in [2.24, 2.45) is 10.9 Å². The molecule has 0 amide bonds. The second kappa shape index (κ2) is 4.69. The van der Waals surface area contributed by atoms with E-state index in [0.717, 1.165) is 17.8 Å². The molecule has 1 unspecified atom stereocenters. The molecule has 0 bridgehead atoms. The maximum absolute atomic E-state index is 4.37. The molecule has 2 nitrogen and oxygen atoms in total. The van der Waals surface area contributed by atoms with Gasteiger partial charge in [0.15, 0.2) is 0 Å². The molecule has 76 valence electrons. The van der Waals surface area contributed by atoms with E-state index in [1.165, 1.54) is 0 Å². The van der Waals surface area contributed by atoms with Crippen LogP contribution in [0, 0.1) is 5.92 Å². The Morgan fingerprint density at radius 3 is 3.07 bits per heavy atom. The van der Waals surface area contributed by atoms with Crippen LogP contribution in [0.15, 0.2) is 53.3 Å². The summed E-state index contributed by atoms with van der Waals surface area (Å²) < 4.78 is 0. The van der Waals surface area contributed by atoms with Gasteiger partial charge in [0.25, 0.3) is 0 Å². The molecule has 0 aromatic carbocycles. The number of nitrogens with zero attached hydrogens (tertiary/aromatic N) is 2.